The van der Waals surface area contributed by atoms with Crippen LogP contribution < -0.4 is 0 Å². The van der Waals surface area contributed by atoms with Crippen LogP contribution in [0.3, 0.4) is 0 Å². The van der Waals surface area contributed by atoms with Crippen LogP contribution in [0.5, 0.6) is 0 Å². The van der Waals surface area contributed by atoms with E-state index in [9.17, 15) is 9.59 Å². The molecule has 0 aromatic heterocycles. The lowest BCUT2D eigenvalue weighted by Crippen LogP contribution is -2.42. The average molecular weight is 354 g/mol. The standard InChI is InChI=1S/C16H20BrNO3/c1-11-6-5-9-13(15(11)17)16(20)18(10-14(19)21-2)12-7-3-4-8-12/h5-6,9,12H,3-4,7-8,10H2,1-2H3. The molecule has 1 fully saturated rings. The van der Waals surface area contributed by atoms with Crippen molar-refractivity contribution < 1.29 is 14.3 Å². The number of aryl methyl sites for hydroxylation is 1. The summed E-state index contributed by atoms with van der Waals surface area (Å²) in [6.07, 6.45) is 4.10. The van der Waals surface area contributed by atoms with E-state index in [2.05, 4.69) is 15.9 Å². The molecule has 0 atom stereocenters. The SMILES string of the molecule is COC(=O)CN(C(=O)c1cccc(C)c1Br)C1CCCC1. The predicted molar refractivity (Wildman–Crippen MR) is 84.2 cm³/mol. The highest BCUT2D eigenvalue weighted by atomic mass is 79.9. The summed E-state index contributed by atoms with van der Waals surface area (Å²) < 4.78 is 5.53. The minimum Gasteiger partial charge on any atom is -0.468 e. The molecule has 5 heteroatoms. The first-order chi connectivity index (χ1) is 10.0. The van der Waals surface area contributed by atoms with Gasteiger partial charge in [-0.05, 0) is 47.3 Å². The molecule has 1 aromatic rings. The van der Waals surface area contributed by atoms with E-state index in [1.807, 2.05) is 19.1 Å². The summed E-state index contributed by atoms with van der Waals surface area (Å²) in [5, 5.41) is 0. The Kier molecular flexibility index (Phi) is 5.39. The van der Waals surface area contributed by atoms with Crippen molar-refractivity contribution in [3.05, 3.63) is 33.8 Å². The largest absolute Gasteiger partial charge is 0.468 e. The van der Waals surface area contributed by atoms with Crippen LogP contribution >= 0.6 is 15.9 Å². The van der Waals surface area contributed by atoms with Crippen molar-refractivity contribution in [1.82, 2.24) is 4.90 Å². The van der Waals surface area contributed by atoms with Crippen LogP contribution in [-0.2, 0) is 9.53 Å². The second-order valence-electron chi connectivity index (χ2n) is 5.38. The maximum Gasteiger partial charge on any atom is 0.325 e. The van der Waals surface area contributed by atoms with Gasteiger partial charge in [0.05, 0.1) is 12.7 Å². The van der Waals surface area contributed by atoms with Crippen molar-refractivity contribution in [2.75, 3.05) is 13.7 Å². The second-order valence-corrected chi connectivity index (χ2v) is 6.18. The molecule has 0 radical (unpaired) electrons. The molecule has 0 heterocycles. The number of carbonyl (C=O) groups is 2. The molecule has 1 aliphatic carbocycles. The van der Waals surface area contributed by atoms with E-state index in [-0.39, 0.29) is 24.5 Å². The van der Waals surface area contributed by atoms with E-state index in [4.69, 9.17) is 4.74 Å². The molecule has 0 aliphatic heterocycles. The van der Waals surface area contributed by atoms with Crippen LogP contribution in [0.25, 0.3) is 0 Å². The Hall–Kier alpha value is -1.36. The van der Waals surface area contributed by atoms with Crippen LogP contribution in [0.2, 0.25) is 0 Å². The zero-order chi connectivity index (χ0) is 15.4. The number of halogens is 1. The Morgan fingerprint density at radius 3 is 2.62 bits per heavy atom. The second kappa shape index (κ2) is 7.07. The number of rotatable bonds is 4. The van der Waals surface area contributed by atoms with Crippen LogP contribution in [0.4, 0.5) is 0 Å². The Balaban J connectivity index is 2.28. The highest BCUT2D eigenvalue weighted by molar-refractivity contribution is 9.10. The van der Waals surface area contributed by atoms with Gasteiger partial charge in [-0.3, -0.25) is 9.59 Å². The van der Waals surface area contributed by atoms with E-state index in [0.717, 1.165) is 35.7 Å². The first kappa shape index (κ1) is 16.0. The van der Waals surface area contributed by atoms with Crippen molar-refractivity contribution in [1.29, 1.82) is 0 Å². The topological polar surface area (TPSA) is 46.6 Å². The van der Waals surface area contributed by atoms with Gasteiger partial charge in [-0.15, -0.1) is 0 Å². The molecule has 1 aliphatic rings. The Morgan fingerprint density at radius 1 is 1.33 bits per heavy atom. The molecule has 21 heavy (non-hydrogen) atoms. The lowest BCUT2D eigenvalue weighted by Gasteiger charge is -2.28. The van der Waals surface area contributed by atoms with E-state index in [1.165, 1.54) is 7.11 Å². The number of amides is 1. The van der Waals surface area contributed by atoms with E-state index in [1.54, 1.807) is 11.0 Å². The summed E-state index contributed by atoms with van der Waals surface area (Å²) in [5.41, 5.74) is 1.61. The molecule has 0 bridgehead atoms. The van der Waals surface area contributed by atoms with Crippen molar-refractivity contribution in [2.45, 2.75) is 38.6 Å². The molecule has 4 nitrogen and oxygen atoms in total. The van der Waals surface area contributed by atoms with Crippen molar-refractivity contribution in [3.8, 4) is 0 Å². The van der Waals surface area contributed by atoms with Crippen LogP contribution in [0.15, 0.2) is 22.7 Å². The summed E-state index contributed by atoms with van der Waals surface area (Å²) in [4.78, 5) is 26.1. The van der Waals surface area contributed by atoms with Gasteiger partial charge in [-0.2, -0.15) is 0 Å². The van der Waals surface area contributed by atoms with Gasteiger partial charge >= 0.3 is 5.97 Å². The summed E-state index contributed by atoms with van der Waals surface area (Å²) in [6, 6.07) is 5.72. The number of methoxy groups -OCH3 is 1. The third-order valence-electron chi connectivity index (χ3n) is 3.98. The van der Waals surface area contributed by atoms with Gasteiger partial charge in [0.1, 0.15) is 6.54 Å². The molecule has 114 valence electrons. The summed E-state index contributed by atoms with van der Waals surface area (Å²) in [5.74, 6) is -0.484. The Morgan fingerprint density at radius 2 is 2.00 bits per heavy atom. The van der Waals surface area contributed by atoms with Gasteiger partial charge in [-0.1, -0.05) is 25.0 Å². The van der Waals surface area contributed by atoms with Crippen molar-refractivity contribution in [3.63, 3.8) is 0 Å². The third kappa shape index (κ3) is 3.64. The van der Waals surface area contributed by atoms with Gasteiger partial charge in [-0.25, -0.2) is 0 Å². The molecule has 0 saturated heterocycles. The zero-order valence-electron chi connectivity index (χ0n) is 12.4. The summed E-state index contributed by atoms with van der Waals surface area (Å²) >= 11 is 3.48. The predicted octanol–water partition coefficient (Wildman–Crippen LogP) is 3.32. The lowest BCUT2D eigenvalue weighted by atomic mass is 10.1. The molecule has 0 unspecified atom stereocenters. The fourth-order valence-corrected chi connectivity index (χ4v) is 3.19. The number of ether oxygens (including phenoxy) is 1. The molecular weight excluding hydrogens is 334 g/mol. The highest BCUT2D eigenvalue weighted by Crippen LogP contribution is 2.28. The molecule has 1 amide bonds. The van der Waals surface area contributed by atoms with Crippen LogP contribution in [0, 0.1) is 6.92 Å². The zero-order valence-corrected chi connectivity index (χ0v) is 14.0. The Bertz CT molecular complexity index is 538. The third-order valence-corrected chi connectivity index (χ3v) is 5.03. The van der Waals surface area contributed by atoms with Crippen molar-refractivity contribution >= 4 is 27.8 Å². The molecule has 0 N–H and O–H groups in total. The maximum atomic E-state index is 12.8. The van der Waals surface area contributed by atoms with E-state index in [0.29, 0.717) is 5.56 Å². The summed E-state index contributed by atoms with van der Waals surface area (Å²) in [6.45, 7) is 1.96. The molecule has 1 aromatic carbocycles. The van der Waals surface area contributed by atoms with Gasteiger partial charge in [0.2, 0.25) is 0 Å². The first-order valence-corrected chi connectivity index (χ1v) is 7.96. The number of esters is 1. The van der Waals surface area contributed by atoms with Gasteiger partial charge < -0.3 is 9.64 Å². The monoisotopic (exact) mass is 353 g/mol. The number of nitrogens with zero attached hydrogens (tertiary/aromatic N) is 1. The molecule has 0 spiro atoms. The molecule has 1 saturated carbocycles. The lowest BCUT2D eigenvalue weighted by molar-refractivity contribution is -0.141. The number of benzene rings is 1. The molecule has 2 rings (SSSR count). The highest BCUT2D eigenvalue weighted by Gasteiger charge is 2.30. The van der Waals surface area contributed by atoms with Crippen LogP contribution in [0.1, 0.15) is 41.6 Å². The minimum absolute atomic E-state index is 0.0143. The molecular formula is C16H20BrNO3. The quantitative estimate of drug-likeness (QED) is 0.780. The van der Waals surface area contributed by atoms with Gasteiger partial charge in [0.15, 0.2) is 0 Å². The van der Waals surface area contributed by atoms with Crippen LogP contribution in [-0.4, -0.2) is 36.5 Å². The maximum absolute atomic E-state index is 12.8. The number of hydrogen-bond acceptors (Lipinski definition) is 3. The van der Waals surface area contributed by atoms with Gasteiger partial charge in [0, 0.05) is 10.5 Å². The van der Waals surface area contributed by atoms with E-state index < -0.39 is 0 Å². The normalized spacial score (nSPS) is 15.0. The van der Waals surface area contributed by atoms with E-state index >= 15 is 0 Å². The smallest absolute Gasteiger partial charge is 0.325 e. The fourth-order valence-electron chi connectivity index (χ4n) is 2.75. The van der Waals surface area contributed by atoms with Gasteiger partial charge in [0.25, 0.3) is 5.91 Å². The number of hydrogen-bond donors (Lipinski definition) is 0. The Labute approximate surface area is 133 Å². The average Bonchev–Trinajstić information content (AvgIpc) is 3.00. The first-order valence-electron chi connectivity index (χ1n) is 7.17. The summed E-state index contributed by atoms with van der Waals surface area (Å²) in [7, 11) is 1.35. The van der Waals surface area contributed by atoms with Crippen molar-refractivity contribution in [2.24, 2.45) is 0 Å². The minimum atomic E-state index is -0.376. The fraction of sp³-hybridized carbons (Fsp3) is 0.500. The number of carbonyl (C=O) groups excluding carboxylic acids is 2.